The first-order valence-corrected chi connectivity index (χ1v) is 8.43. The number of fused-ring (bicyclic) bond motifs is 3. The molecule has 3 saturated heterocycles. The normalized spacial score (nSPS) is 41.0. The summed E-state index contributed by atoms with van der Waals surface area (Å²) in [6, 6.07) is 0. The van der Waals surface area contributed by atoms with Gasteiger partial charge in [0.25, 0.3) is 0 Å². The average molecular weight is 362 g/mol. The summed E-state index contributed by atoms with van der Waals surface area (Å²) in [6.07, 6.45) is -1.50. The van der Waals surface area contributed by atoms with Gasteiger partial charge in [-0.2, -0.15) is 8.42 Å². The van der Waals surface area contributed by atoms with Crippen LogP contribution in [0.2, 0.25) is 0 Å². The molecule has 4 atom stereocenters. The Kier molecular flexibility index (Phi) is 5.33. The zero-order chi connectivity index (χ0) is 16.4. The van der Waals surface area contributed by atoms with Crippen LogP contribution in [0.5, 0.6) is 0 Å². The zero-order valence-corrected chi connectivity index (χ0v) is 16.7. The van der Waals surface area contributed by atoms with Crippen LogP contribution in [0.25, 0.3) is 0 Å². The molecule has 3 fully saturated rings. The van der Waals surface area contributed by atoms with Crippen molar-refractivity contribution in [2.45, 2.75) is 63.4 Å². The predicted molar refractivity (Wildman–Crippen MR) is 77.4 cm³/mol. The van der Waals surface area contributed by atoms with Gasteiger partial charge in [-0.1, -0.05) is 0 Å². The fraction of sp³-hybridized carbons (Fsp3) is 1.00. The first-order valence-electron chi connectivity index (χ1n) is 6.96. The van der Waals surface area contributed by atoms with E-state index in [1.807, 2.05) is 0 Å². The van der Waals surface area contributed by atoms with E-state index in [2.05, 4.69) is 0 Å². The maximum atomic E-state index is 11.1. The average Bonchev–Trinajstić information content (AvgIpc) is 2.78. The topological polar surface area (TPSA) is 116 Å². The fourth-order valence-corrected chi connectivity index (χ4v) is 3.44. The van der Waals surface area contributed by atoms with E-state index < -0.39 is 46.5 Å². The molecule has 0 bridgehead atoms. The smallest absolute Gasteiger partial charge is 0.333 e. The molecule has 0 amide bonds. The number of nitrogens with two attached hydrogens (primary N) is 1. The van der Waals surface area contributed by atoms with Gasteiger partial charge in [-0.15, -0.1) is 0 Å². The van der Waals surface area contributed by atoms with Crippen LogP contribution >= 0.6 is 0 Å². The van der Waals surface area contributed by atoms with Crippen molar-refractivity contribution in [2.24, 2.45) is 5.14 Å². The molecule has 0 aromatic rings. The molecule has 1 radical (unpaired) electrons. The molecule has 3 aliphatic heterocycles. The summed E-state index contributed by atoms with van der Waals surface area (Å²) < 4.78 is 55.9. The van der Waals surface area contributed by atoms with Gasteiger partial charge in [-0.3, -0.25) is 4.18 Å². The van der Waals surface area contributed by atoms with Gasteiger partial charge in [0.05, 0.1) is 6.61 Å². The van der Waals surface area contributed by atoms with E-state index in [0.29, 0.717) is 0 Å². The molecule has 9 nitrogen and oxygen atoms in total. The van der Waals surface area contributed by atoms with Crippen molar-refractivity contribution in [1.82, 2.24) is 0 Å². The van der Waals surface area contributed by atoms with Crippen molar-refractivity contribution in [1.29, 1.82) is 0 Å². The fourth-order valence-electron chi connectivity index (χ4n) is 3.11. The monoisotopic (exact) mass is 362 g/mol. The maximum Gasteiger partial charge on any atom is 0.333 e. The third-order valence-electron chi connectivity index (χ3n) is 3.70. The standard InChI is InChI=1S/C12H21NO8S.Na/c1-10(2)18-7-5-16-12(6-17-22(13,14)15)9(8(7)19-10)20-11(3,4)21-12;/h7-9H,5-6H2,1-4H3,(H2,13,14,15);/t7-,8-,9+,12+;/m1./s1. The molecule has 11 heteroatoms. The minimum absolute atomic E-state index is 0. The molecule has 0 saturated carbocycles. The maximum absolute atomic E-state index is 11.1. The molecule has 2 N–H and O–H groups in total. The second-order valence-electron chi connectivity index (χ2n) is 6.56. The first-order chi connectivity index (χ1) is 9.92. The van der Waals surface area contributed by atoms with E-state index in [1.54, 1.807) is 27.7 Å². The molecule has 3 aliphatic rings. The summed E-state index contributed by atoms with van der Waals surface area (Å²) in [5, 5.41) is 4.89. The third-order valence-corrected chi connectivity index (χ3v) is 4.15. The van der Waals surface area contributed by atoms with Gasteiger partial charge in [-0.25, -0.2) is 5.14 Å². The molecule has 23 heavy (non-hydrogen) atoms. The van der Waals surface area contributed by atoms with Gasteiger partial charge in [-0.05, 0) is 27.7 Å². The van der Waals surface area contributed by atoms with Gasteiger partial charge >= 0.3 is 10.3 Å². The Labute approximate surface area is 157 Å². The summed E-state index contributed by atoms with van der Waals surface area (Å²) in [6.45, 7) is 6.71. The van der Waals surface area contributed by atoms with Crippen LogP contribution in [0.15, 0.2) is 0 Å². The molecule has 3 rings (SSSR count). The van der Waals surface area contributed by atoms with E-state index in [-0.39, 0.29) is 42.3 Å². The summed E-state index contributed by atoms with van der Waals surface area (Å²) >= 11 is 0. The van der Waals surface area contributed by atoms with E-state index in [1.165, 1.54) is 0 Å². The molecule has 129 valence electrons. The molecule has 0 spiro atoms. The number of ether oxygens (including phenoxy) is 5. The number of hydrogen-bond acceptors (Lipinski definition) is 8. The van der Waals surface area contributed by atoms with Crippen molar-refractivity contribution in [3.8, 4) is 0 Å². The van der Waals surface area contributed by atoms with E-state index in [0.717, 1.165) is 0 Å². The molecule has 0 aliphatic carbocycles. The molecular formula is C12H21NNaO8S. The third kappa shape index (κ3) is 4.09. The van der Waals surface area contributed by atoms with Crippen LogP contribution < -0.4 is 5.14 Å². The minimum Gasteiger partial charge on any atom is -0.343 e. The first kappa shape index (κ1) is 20.0. The van der Waals surface area contributed by atoms with Crippen molar-refractivity contribution in [3.05, 3.63) is 0 Å². The second-order valence-corrected chi connectivity index (χ2v) is 7.78. The van der Waals surface area contributed by atoms with Crippen LogP contribution in [-0.4, -0.2) is 86.9 Å². The zero-order valence-electron chi connectivity index (χ0n) is 13.9. The van der Waals surface area contributed by atoms with E-state index >= 15 is 0 Å². The molecule has 3 heterocycles. The summed E-state index contributed by atoms with van der Waals surface area (Å²) in [4.78, 5) is 0. The molecule has 0 aromatic carbocycles. The van der Waals surface area contributed by atoms with Crippen LogP contribution in [-0.2, 0) is 38.2 Å². The summed E-state index contributed by atoms with van der Waals surface area (Å²) in [5.74, 6) is -3.19. The van der Waals surface area contributed by atoms with Crippen molar-refractivity contribution in [2.75, 3.05) is 13.2 Å². The van der Waals surface area contributed by atoms with Gasteiger partial charge in [0.15, 0.2) is 11.6 Å². The second kappa shape index (κ2) is 6.13. The Bertz CT molecular complexity index is 567. The van der Waals surface area contributed by atoms with Crippen molar-refractivity contribution in [3.63, 3.8) is 0 Å². The van der Waals surface area contributed by atoms with Gasteiger partial charge in [0.1, 0.15) is 24.9 Å². The van der Waals surface area contributed by atoms with Crippen molar-refractivity contribution < 1.29 is 36.3 Å². The Balaban J connectivity index is 0.00000192. The Morgan fingerprint density at radius 2 is 1.78 bits per heavy atom. The van der Waals surface area contributed by atoms with Crippen LogP contribution in [0.1, 0.15) is 27.7 Å². The molecule has 0 unspecified atom stereocenters. The quantitative estimate of drug-likeness (QED) is 0.651. The predicted octanol–water partition coefficient (Wildman–Crippen LogP) is -0.776. The Morgan fingerprint density at radius 1 is 1.13 bits per heavy atom. The summed E-state index contributed by atoms with van der Waals surface area (Å²) in [5.41, 5.74) is 0. The van der Waals surface area contributed by atoms with E-state index in [4.69, 9.17) is 33.0 Å². The van der Waals surface area contributed by atoms with Crippen LogP contribution in [0, 0.1) is 0 Å². The summed E-state index contributed by atoms with van der Waals surface area (Å²) in [7, 11) is -4.14. The number of rotatable bonds is 3. The van der Waals surface area contributed by atoms with Crippen molar-refractivity contribution >= 4 is 39.9 Å². The molecular weight excluding hydrogens is 341 g/mol. The Hall–Kier alpha value is 0.670. The van der Waals surface area contributed by atoms with Crippen LogP contribution in [0.4, 0.5) is 0 Å². The van der Waals surface area contributed by atoms with Gasteiger partial charge in [0.2, 0.25) is 5.79 Å². The SMILES string of the molecule is CC1(C)O[C@@H]2[C@@H](CO[C@@]3(COS(N)(=O)=O)OC(C)(C)O[C@@H]23)O1.[Na]. The largest absolute Gasteiger partial charge is 0.343 e. The Morgan fingerprint density at radius 3 is 2.39 bits per heavy atom. The van der Waals surface area contributed by atoms with E-state index in [9.17, 15) is 8.42 Å². The van der Waals surface area contributed by atoms with Crippen LogP contribution in [0.3, 0.4) is 0 Å². The minimum atomic E-state index is -4.14. The molecule has 0 aromatic heterocycles. The van der Waals surface area contributed by atoms with Gasteiger partial charge in [0, 0.05) is 29.6 Å². The van der Waals surface area contributed by atoms with Gasteiger partial charge < -0.3 is 23.7 Å². The number of hydrogen-bond donors (Lipinski definition) is 1.